The highest BCUT2D eigenvalue weighted by Crippen LogP contribution is 2.29. The zero-order chi connectivity index (χ0) is 17.1. The van der Waals surface area contributed by atoms with Gasteiger partial charge in [-0.1, -0.05) is 33.6 Å². The van der Waals surface area contributed by atoms with Crippen molar-refractivity contribution in [1.29, 1.82) is 0 Å². The lowest BCUT2D eigenvalue weighted by molar-refractivity contribution is 1.17. The fourth-order valence-electron chi connectivity index (χ4n) is 2.07. The summed E-state index contributed by atoms with van der Waals surface area (Å²) in [6, 6.07) is 13.4. The van der Waals surface area contributed by atoms with Gasteiger partial charge in [-0.05, 0) is 48.9 Å². The van der Waals surface area contributed by atoms with E-state index in [-0.39, 0.29) is 0 Å². The SMILES string of the molecule is Cc1ccc(Nc2ncnc(Nc3ccc(Br)cc3)c2N)cc1Cl. The van der Waals surface area contributed by atoms with Gasteiger partial charge in [0.05, 0.1) is 0 Å². The summed E-state index contributed by atoms with van der Waals surface area (Å²) >= 11 is 9.56. The van der Waals surface area contributed by atoms with Gasteiger partial charge in [0, 0.05) is 20.9 Å². The van der Waals surface area contributed by atoms with Crippen molar-refractivity contribution in [1.82, 2.24) is 9.97 Å². The number of nitrogens with one attached hydrogen (secondary N) is 2. The second kappa shape index (κ2) is 7.07. The van der Waals surface area contributed by atoms with Crippen molar-refractivity contribution in [3.8, 4) is 0 Å². The maximum absolute atomic E-state index is 6.18. The zero-order valence-corrected chi connectivity index (χ0v) is 15.2. The van der Waals surface area contributed by atoms with Crippen LogP contribution in [0.25, 0.3) is 0 Å². The first kappa shape index (κ1) is 16.5. The molecule has 1 aromatic heterocycles. The van der Waals surface area contributed by atoms with E-state index in [1.165, 1.54) is 6.33 Å². The molecule has 0 bridgehead atoms. The molecule has 0 atom stereocenters. The van der Waals surface area contributed by atoms with Crippen molar-refractivity contribution < 1.29 is 0 Å². The predicted octanol–water partition coefficient (Wildman–Crippen LogP) is 5.27. The van der Waals surface area contributed by atoms with Gasteiger partial charge in [-0.15, -0.1) is 0 Å². The highest BCUT2D eigenvalue weighted by Gasteiger charge is 2.09. The number of rotatable bonds is 4. The van der Waals surface area contributed by atoms with Gasteiger partial charge >= 0.3 is 0 Å². The van der Waals surface area contributed by atoms with Crippen LogP contribution in [0.15, 0.2) is 53.3 Å². The van der Waals surface area contributed by atoms with E-state index in [9.17, 15) is 0 Å². The van der Waals surface area contributed by atoms with E-state index in [2.05, 4.69) is 36.5 Å². The smallest absolute Gasteiger partial charge is 0.159 e. The van der Waals surface area contributed by atoms with Crippen molar-refractivity contribution in [2.24, 2.45) is 0 Å². The van der Waals surface area contributed by atoms with Gasteiger partial charge in [0.15, 0.2) is 11.6 Å². The Morgan fingerprint density at radius 1 is 0.958 bits per heavy atom. The molecule has 0 fully saturated rings. The molecular formula is C17H15BrClN5. The van der Waals surface area contributed by atoms with Crippen LogP contribution in [0.1, 0.15) is 5.56 Å². The molecule has 0 spiro atoms. The number of nitrogens with zero attached hydrogens (tertiary/aromatic N) is 2. The lowest BCUT2D eigenvalue weighted by Crippen LogP contribution is -2.05. The monoisotopic (exact) mass is 403 g/mol. The van der Waals surface area contributed by atoms with Crippen LogP contribution in [0.4, 0.5) is 28.7 Å². The maximum Gasteiger partial charge on any atom is 0.159 e. The quantitative estimate of drug-likeness (QED) is 0.552. The molecule has 0 aliphatic carbocycles. The number of halogens is 2. The molecule has 24 heavy (non-hydrogen) atoms. The van der Waals surface area contributed by atoms with E-state index in [0.29, 0.717) is 22.3 Å². The van der Waals surface area contributed by atoms with Gasteiger partial charge in [-0.25, -0.2) is 9.97 Å². The summed E-state index contributed by atoms with van der Waals surface area (Å²) in [5.74, 6) is 1.05. The van der Waals surface area contributed by atoms with Crippen LogP contribution < -0.4 is 16.4 Å². The number of hydrogen-bond donors (Lipinski definition) is 3. The largest absolute Gasteiger partial charge is 0.393 e. The summed E-state index contributed by atoms with van der Waals surface area (Å²) in [5, 5.41) is 7.03. The van der Waals surface area contributed by atoms with Gasteiger partial charge in [0.25, 0.3) is 0 Å². The molecule has 0 amide bonds. The minimum absolute atomic E-state index is 0.428. The molecule has 3 rings (SSSR count). The van der Waals surface area contributed by atoms with Crippen LogP contribution in [-0.2, 0) is 0 Å². The summed E-state index contributed by atoms with van der Waals surface area (Å²) in [6.45, 7) is 1.95. The molecule has 0 aliphatic rings. The summed E-state index contributed by atoms with van der Waals surface area (Å²) in [5.41, 5.74) is 9.32. The Bertz CT molecular complexity index is 867. The van der Waals surface area contributed by atoms with Gasteiger partial charge in [0.2, 0.25) is 0 Å². The van der Waals surface area contributed by atoms with Crippen LogP contribution in [0, 0.1) is 6.92 Å². The molecule has 3 aromatic rings. The average molecular weight is 405 g/mol. The number of aromatic nitrogens is 2. The van der Waals surface area contributed by atoms with Crippen molar-refractivity contribution in [3.05, 3.63) is 63.9 Å². The zero-order valence-electron chi connectivity index (χ0n) is 12.8. The third-order valence-electron chi connectivity index (χ3n) is 3.43. The van der Waals surface area contributed by atoms with Crippen LogP contribution in [0.2, 0.25) is 5.02 Å². The van der Waals surface area contributed by atoms with E-state index < -0.39 is 0 Å². The Balaban J connectivity index is 1.84. The Hall–Kier alpha value is -2.31. The summed E-state index contributed by atoms with van der Waals surface area (Å²) in [7, 11) is 0. The van der Waals surface area contributed by atoms with E-state index in [0.717, 1.165) is 21.4 Å². The predicted molar refractivity (Wildman–Crippen MR) is 103 cm³/mol. The third kappa shape index (κ3) is 3.77. The van der Waals surface area contributed by atoms with Crippen molar-refractivity contribution in [2.45, 2.75) is 6.92 Å². The first-order chi connectivity index (χ1) is 11.5. The molecule has 0 radical (unpaired) electrons. The van der Waals surface area contributed by atoms with E-state index in [1.807, 2.05) is 49.4 Å². The van der Waals surface area contributed by atoms with Crippen LogP contribution in [0.5, 0.6) is 0 Å². The van der Waals surface area contributed by atoms with Gasteiger partial charge in [-0.2, -0.15) is 0 Å². The summed E-state index contributed by atoms with van der Waals surface area (Å²) in [4.78, 5) is 8.41. The van der Waals surface area contributed by atoms with E-state index in [1.54, 1.807) is 0 Å². The number of nitrogens with two attached hydrogens (primary N) is 1. The molecule has 0 saturated carbocycles. The molecule has 4 N–H and O–H groups in total. The second-order valence-electron chi connectivity index (χ2n) is 5.21. The topological polar surface area (TPSA) is 75.9 Å². The average Bonchev–Trinajstić information content (AvgIpc) is 2.57. The molecule has 2 aromatic carbocycles. The minimum Gasteiger partial charge on any atom is -0.393 e. The minimum atomic E-state index is 0.428. The van der Waals surface area contributed by atoms with Crippen molar-refractivity contribution >= 4 is 56.2 Å². The molecule has 7 heteroatoms. The Kier molecular flexibility index (Phi) is 4.87. The molecule has 0 saturated heterocycles. The molecule has 0 aliphatic heterocycles. The van der Waals surface area contributed by atoms with E-state index >= 15 is 0 Å². The highest BCUT2D eigenvalue weighted by atomic mass is 79.9. The fraction of sp³-hybridized carbons (Fsp3) is 0.0588. The molecule has 1 heterocycles. The number of nitrogen functional groups attached to an aromatic ring is 1. The van der Waals surface area contributed by atoms with Crippen LogP contribution >= 0.6 is 27.5 Å². The number of anilines is 5. The van der Waals surface area contributed by atoms with Crippen molar-refractivity contribution in [3.63, 3.8) is 0 Å². The van der Waals surface area contributed by atoms with Crippen LogP contribution in [-0.4, -0.2) is 9.97 Å². The molecule has 5 nitrogen and oxygen atoms in total. The first-order valence-corrected chi connectivity index (χ1v) is 8.36. The lowest BCUT2D eigenvalue weighted by Gasteiger charge is -2.13. The molecule has 122 valence electrons. The number of hydrogen-bond acceptors (Lipinski definition) is 5. The first-order valence-electron chi connectivity index (χ1n) is 7.19. The maximum atomic E-state index is 6.18. The third-order valence-corrected chi connectivity index (χ3v) is 4.36. The Morgan fingerprint density at radius 3 is 2.17 bits per heavy atom. The van der Waals surface area contributed by atoms with Gasteiger partial charge in [-0.3, -0.25) is 0 Å². The van der Waals surface area contributed by atoms with Gasteiger partial charge in [0.1, 0.15) is 12.0 Å². The fourth-order valence-corrected chi connectivity index (χ4v) is 2.52. The standard InChI is InChI=1S/C17H15BrClN5/c1-10-2-5-13(8-14(10)19)24-17-15(20)16(21-9-22-17)23-12-6-3-11(18)4-7-12/h2-9H,20H2,1H3,(H2,21,22,23,24). The Morgan fingerprint density at radius 2 is 1.54 bits per heavy atom. The molecule has 0 unspecified atom stereocenters. The lowest BCUT2D eigenvalue weighted by atomic mass is 10.2. The molecular weight excluding hydrogens is 390 g/mol. The normalized spacial score (nSPS) is 10.5. The summed E-state index contributed by atoms with van der Waals surface area (Å²) in [6.07, 6.45) is 1.45. The van der Waals surface area contributed by atoms with Crippen molar-refractivity contribution in [2.75, 3.05) is 16.4 Å². The second-order valence-corrected chi connectivity index (χ2v) is 6.53. The van der Waals surface area contributed by atoms with Gasteiger partial charge < -0.3 is 16.4 Å². The number of benzene rings is 2. The Labute approximate surface area is 153 Å². The van der Waals surface area contributed by atoms with E-state index in [4.69, 9.17) is 17.3 Å². The van der Waals surface area contributed by atoms with Crippen LogP contribution in [0.3, 0.4) is 0 Å². The summed E-state index contributed by atoms with van der Waals surface area (Å²) < 4.78 is 1.00. The highest BCUT2D eigenvalue weighted by molar-refractivity contribution is 9.10. The number of aryl methyl sites for hydroxylation is 1.